The molecular weight excluding hydrogens is 376 g/mol. The Hall–Kier alpha value is -3.08. The molecule has 156 valence electrons. The Kier molecular flexibility index (Phi) is 6.17. The van der Waals surface area contributed by atoms with Gasteiger partial charge in [0.25, 0.3) is 11.8 Å². The van der Waals surface area contributed by atoms with E-state index >= 15 is 0 Å². The van der Waals surface area contributed by atoms with Crippen molar-refractivity contribution in [2.24, 2.45) is 0 Å². The largest absolute Gasteiger partial charge is 0.509 e. The molecular formula is C25H28N2O3. The Morgan fingerprint density at radius 1 is 1.00 bits per heavy atom. The van der Waals surface area contributed by atoms with Crippen molar-refractivity contribution in [3.05, 3.63) is 77.1 Å². The smallest absolute Gasteiger partial charge is 0.264 e. The highest BCUT2D eigenvalue weighted by atomic mass is 16.3. The second-order valence-corrected chi connectivity index (χ2v) is 8.22. The van der Waals surface area contributed by atoms with Crippen LogP contribution in [0.4, 0.5) is 5.69 Å². The van der Waals surface area contributed by atoms with Gasteiger partial charge in [0, 0.05) is 5.69 Å². The SMILES string of the molecule is O=C(Nc1ccc(C2CCCCC2)cc1)C1=C(O)C(CCc2ccccc2)NC1=O. The lowest BCUT2D eigenvalue weighted by Crippen LogP contribution is -2.30. The summed E-state index contributed by atoms with van der Waals surface area (Å²) in [6.07, 6.45) is 7.54. The van der Waals surface area contributed by atoms with Gasteiger partial charge in [-0.3, -0.25) is 9.59 Å². The number of aliphatic hydroxyl groups excluding tert-OH is 1. The lowest BCUT2D eigenvalue weighted by molar-refractivity contribution is -0.120. The van der Waals surface area contributed by atoms with E-state index in [1.807, 2.05) is 42.5 Å². The number of benzene rings is 2. The molecule has 1 heterocycles. The standard InChI is InChI=1S/C25H28N2O3/c28-23-21(16-11-17-7-3-1-4-8-17)27-25(30)22(23)24(29)26-20-14-12-19(13-15-20)18-9-5-2-6-10-18/h1,3-4,7-8,12-15,18,21,28H,2,5-6,9-11,16H2,(H,26,29)(H,27,30). The molecule has 0 radical (unpaired) electrons. The van der Waals surface area contributed by atoms with Crippen molar-refractivity contribution in [2.45, 2.75) is 56.9 Å². The van der Waals surface area contributed by atoms with Gasteiger partial charge in [-0.15, -0.1) is 0 Å². The number of hydrogen-bond donors (Lipinski definition) is 3. The van der Waals surface area contributed by atoms with E-state index in [0.717, 1.165) is 5.56 Å². The fourth-order valence-corrected chi connectivity index (χ4v) is 4.44. The normalized spacial score (nSPS) is 19.6. The first-order valence-electron chi connectivity index (χ1n) is 10.8. The molecule has 4 rings (SSSR count). The van der Waals surface area contributed by atoms with Crippen molar-refractivity contribution in [1.82, 2.24) is 5.32 Å². The number of anilines is 1. The van der Waals surface area contributed by atoms with Crippen LogP contribution in [0.1, 0.15) is 55.6 Å². The van der Waals surface area contributed by atoms with Gasteiger partial charge in [0.2, 0.25) is 0 Å². The Morgan fingerprint density at radius 3 is 2.40 bits per heavy atom. The fourth-order valence-electron chi connectivity index (χ4n) is 4.44. The van der Waals surface area contributed by atoms with Crippen LogP contribution in [0, 0.1) is 0 Å². The second-order valence-electron chi connectivity index (χ2n) is 8.22. The monoisotopic (exact) mass is 404 g/mol. The van der Waals surface area contributed by atoms with E-state index in [0.29, 0.717) is 24.4 Å². The van der Waals surface area contributed by atoms with Gasteiger partial charge in [0.15, 0.2) is 0 Å². The molecule has 2 amide bonds. The molecule has 3 N–H and O–H groups in total. The quantitative estimate of drug-likeness (QED) is 0.615. The maximum atomic E-state index is 12.7. The van der Waals surface area contributed by atoms with Crippen LogP contribution in [0.5, 0.6) is 0 Å². The number of carbonyl (C=O) groups excluding carboxylic acids is 2. The van der Waals surface area contributed by atoms with Gasteiger partial charge in [-0.2, -0.15) is 0 Å². The van der Waals surface area contributed by atoms with Crippen molar-refractivity contribution in [1.29, 1.82) is 0 Å². The molecule has 1 aliphatic carbocycles. The van der Waals surface area contributed by atoms with Crippen molar-refractivity contribution < 1.29 is 14.7 Å². The van der Waals surface area contributed by atoms with Crippen molar-refractivity contribution >= 4 is 17.5 Å². The minimum absolute atomic E-state index is 0.174. The zero-order valence-corrected chi connectivity index (χ0v) is 17.1. The van der Waals surface area contributed by atoms with E-state index in [-0.39, 0.29) is 11.3 Å². The number of aliphatic hydroxyl groups is 1. The first-order chi connectivity index (χ1) is 14.6. The van der Waals surface area contributed by atoms with Crippen LogP contribution in [0.2, 0.25) is 0 Å². The third-order valence-corrected chi connectivity index (χ3v) is 6.16. The maximum absolute atomic E-state index is 12.7. The number of aryl methyl sites for hydroxylation is 1. The molecule has 0 saturated heterocycles. The van der Waals surface area contributed by atoms with E-state index in [9.17, 15) is 14.7 Å². The number of nitrogens with one attached hydrogen (secondary N) is 2. The van der Waals surface area contributed by atoms with Gasteiger partial charge in [-0.1, -0.05) is 61.7 Å². The number of carbonyl (C=O) groups is 2. The fraction of sp³-hybridized carbons (Fsp3) is 0.360. The Balaban J connectivity index is 1.39. The Labute approximate surface area is 177 Å². The van der Waals surface area contributed by atoms with Gasteiger partial charge >= 0.3 is 0 Å². The van der Waals surface area contributed by atoms with Gasteiger partial charge in [-0.05, 0) is 54.9 Å². The maximum Gasteiger partial charge on any atom is 0.264 e. The number of hydrogen-bond acceptors (Lipinski definition) is 3. The predicted octanol–water partition coefficient (Wildman–Crippen LogP) is 4.62. The van der Waals surface area contributed by atoms with Crippen molar-refractivity contribution in [3.63, 3.8) is 0 Å². The molecule has 0 spiro atoms. The van der Waals surface area contributed by atoms with Gasteiger partial charge in [0.1, 0.15) is 11.3 Å². The van der Waals surface area contributed by atoms with Crippen molar-refractivity contribution in [3.8, 4) is 0 Å². The molecule has 2 aliphatic rings. The molecule has 2 aromatic carbocycles. The topological polar surface area (TPSA) is 78.4 Å². The summed E-state index contributed by atoms with van der Waals surface area (Å²) in [6, 6.07) is 17.2. The summed E-state index contributed by atoms with van der Waals surface area (Å²) in [5.41, 5.74) is 2.86. The minimum atomic E-state index is -0.572. The van der Waals surface area contributed by atoms with E-state index in [2.05, 4.69) is 22.8 Å². The molecule has 1 atom stereocenters. The second kappa shape index (κ2) is 9.16. The number of amides is 2. The summed E-state index contributed by atoms with van der Waals surface area (Å²) in [5, 5.41) is 16.0. The van der Waals surface area contributed by atoms with Crippen LogP contribution in [0.3, 0.4) is 0 Å². The Morgan fingerprint density at radius 2 is 1.70 bits per heavy atom. The lowest BCUT2D eigenvalue weighted by Gasteiger charge is -2.22. The molecule has 0 bridgehead atoms. The zero-order chi connectivity index (χ0) is 20.9. The highest BCUT2D eigenvalue weighted by Gasteiger charge is 2.35. The number of rotatable bonds is 6. The van der Waals surface area contributed by atoms with Crippen LogP contribution in [-0.4, -0.2) is 23.0 Å². The first kappa shape index (κ1) is 20.2. The molecule has 0 aromatic heterocycles. The average molecular weight is 405 g/mol. The molecule has 1 fully saturated rings. The zero-order valence-electron chi connectivity index (χ0n) is 17.1. The first-order valence-corrected chi connectivity index (χ1v) is 10.8. The molecule has 5 nitrogen and oxygen atoms in total. The summed E-state index contributed by atoms with van der Waals surface area (Å²) in [7, 11) is 0. The van der Waals surface area contributed by atoms with E-state index in [1.165, 1.54) is 37.7 Å². The molecule has 2 aromatic rings. The summed E-state index contributed by atoms with van der Waals surface area (Å²) in [6.45, 7) is 0. The van der Waals surface area contributed by atoms with Crippen LogP contribution in [-0.2, 0) is 16.0 Å². The summed E-state index contributed by atoms with van der Waals surface area (Å²) >= 11 is 0. The van der Waals surface area contributed by atoms with Crippen LogP contribution < -0.4 is 10.6 Å². The third kappa shape index (κ3) is 4.56. The minimum Gasteiger partial charge on any atom is -0.509 e. The van der Waals surface area contributed by atoms with E-state index < -0.39 is 17.9 Å². The van der Waals surface area contributed by atoms with E-state index in [4.69, 9.17) is 0 Å². The van der Waals surface area contributed by atoms with Crippen LogP contribution in [0.15, 0.2) is 65.9 Å². The van der Waals surface area contributed by atoms with Gasteiger partial charge in [0.05, 0.1) is 6.04 Å². The lowest BCUT2D eigenvalue weighted by atomic mass is 9.84. The summed E-state index contributed by atoms with van der Waals surface area (Å²) in [5.74, 6) is -0.673. The van der Waals surface area contributed by atoms with Gasteiger partial charge in [-0.25, -0.2) is 0 Å². The highest BCUT2D eigenvalue weighted by molar-refractivity contribution is 6.24. The van der Waals surface area contributed by atoms with Crippen LogP contribution in [0.25, 0.3) is 0 Å². The molecule has 5 heteroatoms. The summed E-state index contributed by atoms with van der Waals surface area (Å²) in [4.78, 5) is 25.0. The molecule has 1 unspecified atom stereocenters. The predicted molar refractivity (Wildman–Crippen MR) is 117 cm³/mol. The highest BCUT2D eigenvalue weighted by Crippen LogP contribution is 2.33. The molecule has 30 heavy (non-hydrogen) atoms. The van der Waals surface area contributed by atoms with Gasteiger partial charge < -0.3 is 15.7 Å². The van der Waals surface area contributed by atoms with Crippen LogP contribution >= 0.6 is 0 Å². The van der Waals surface area contributed by atoms with Crippen molar-refractivity contribution in [2.75, 3.05) is 5.32 Å². The molecule has 1 aliphatic heterocycles. The summed E-state index contributed by atoms with van der Waals surface area (Å²) < 4.78 is 0. The average Bonchev–Trinajstić information content (AvgIpc) is 3.07. The third-order valence-electron chi connectivity index (χ3n) is 6.16. The Bertz CT molecular complexity index is 929. The van der Waals surface area contributed by atoms with E-state index in [1.54, 1.807) is 0 Å². The molecule has 1 saturated carbocycles.